The lowest BCUT2D eigenvalue weighted by Crippen LogP contribution is -2.19. The van der Waals surface area contributed by atoms with Crippen LogP contribution < -0.4 is 15.0 Å². The molecular formula is C22H19N3O4. The molecular weight excluding hydrogens is 370 g/mol. The molecule has 2 aromatic heterocycles. The molecule has 0 saturated heterocycles. The molecule has 0 spiro atoms. The Labute approximate surface area is 167 Å². The lowest BCUT2D eigenvalue weighted by molar-refractivity contribution is 0.414. The summed E-state index contributed by atoms with van der Waals surface area (Å²) in [7, 11) is 3.23. The van der Waals surface area contributed by atoms with Crippen LogP contribution in [0.25, 0.3) is 22.8 Å². The molecule has 146 valence electrons. The summed E-state index contributed by atoms with van der Waals surface area (Å²) in [5, 5.41) is 4.05. The van der Waals surface area contributed by atoms with Crippen molar-refractivity contribution in [2.75, 3.05) is 14.2 Å². The molecule has 0 radical (unpaired) electrons. The fraction of sp³-hybridized carbons (Fsp3) is 0.136. The van der Waals surface area contributed by atoms with Crippen LogP contribution in [0.1, 0.15) is 5.56 Å². The van der Waals surface area contributed by atoms with Gasteiger partial charge in [0.25, 0.3) is 11.4 Å². The predicted molar refractivity (Wildman–Crippen MR) is 108 cm³/mol. The first-order valence-electron chi connectivity index (χ1n) is 8.98. The van der Waals surface area contributed by atoms with E-state index in [-0.39, 0.29) is 5.56 Å². The van der Waals surface area contributed by atoms with E-state index in [2.05, 4.69) is 10.1 Å². The summed E-state index contributed by atoms with van der Waals surface area (Å²) in [6.07, 6.45) is 1.72. The zero-order valence-electron chi connectivity index (χ0n) is 16.0. The highest BCUT2D eigenvalue weighted by molar-refractivity contribution is 5.59. The fourth-order valence-electron chi connectivity index (χ4n) is 2.95. The van der Waals surface area contributed by atoms with Crippen LogP contribution in [-0.2, 0) is 6.54 Å². The van der Waals surface area contributed by atoms with Gasteiger partial charge in [-0.2, -0.15) is 4.98 Å². The molecule has 0 amide bonds. The Bertz CT molecular complexity index is 1180. The summed E-state index contributed by atoms with van der Waals surface area (Å²) in [6.45, 7) is 0.406. The summed E-state index contributed by atoms with van der Waals surface area (Å²) in [5.74, 6) is 2.30. The van der Waals surface area contributed by atoms with E-state index >= 15 is 0 Å². The summed E-state index contributed by atoms with van der Waals surface area (Å²) in [5.41, 5.74) is 2.31. The van der Waals surface area contributed by atoms with Crippen molar-refractivity contribution < 1.29 is 14.0 Å². The molecule has 4 aromatic rings. The van der Waals surface area contributed by atoms with Gasteiger partial charge in [0.05, 0.1) is 26.3 Å². The standard InChI is InChI=1S/C22H19N3O4/c1-27-18-9-6-16(7-10-18)21-23-22(29-24-21)17-8-11-20(26)25(14-17)13-15-4-3-5-19(12-15)28-2/h3-12,14H,13H2,1-2H3. The maximum absolute atomic E-state index is 12.3. The SMILES string of the molecule is COc1ccc(-c2noc(-c3ccc(=O)n(Cc4cccc(OC)c4)c3)n2)cc1. The molecule has 0 aliphatic rings. The normalized spacial score (nSPS) is 10.7. The van der Waals surface area contributed by atoms with E-state index in [1.807, 2.05) is 48.5 Å². The topological polar surface area (TPSA) is 79.4 Å². The summed E-state index contributed by atoms with van der Waals surface area (Å²) in [6, 6.07) is 18.1. The van der Waals surface area contributed by atoms with Crippen LogP contribution in [0.15, 0.2) is 76.2 Å². The Morgan fingerprint density at radius 3 is 2.45 bits per heavy atom. The van der Waals surface area contributed by atoms with Crippen LogP contribution in [0, 0.1) is 0 Å². The highest BCUT2D eigenvalue weighted by atomic mass is 16.5. The van der Waals surface area contributed by atoms with E-state index in [1.165, 1.54) is 6.07 Å². The second-order valence-electron chi connectivity index (χ2n) is 6.39. The molecule has 7 heteroatoms. The third-order valence-corrected chi connectivity index (χ3v) is 4.49. The van der Waals surface area contributed by atoms with E-state index in [9.17, 15) is 4.79 Å². The number of benzene rings is 2. The summed E-state index contributed by atoms with van der Waals surface area (Å²) in [4.78, 5) is 16.8. The van der Waals surface area contributed by atoms with Gasteiger partial charge < -0.3 is 18.6 Å². The Morgan fingerprint density at radius 1 is 0.931 bits per heavy atom. The van der Waals surface area contributed by atoms with Crippen LogP contribution in [0.3, 0.4) is 0 Å². The second kappa shape index (κ2) is 8.02. The number of nitrogens with zero attached hydrogens (tertiary/aromatic N) is 3. The van der Waals surface area contributed by atoms with Gasteiger partial charge in [-0.05, 0) is 48.0 Å². The third kappa shape index (κ3) is 4.03. The molecule has 0 saturated carbocycles. The average Bonchev–Trinajstić information content (AvgIpc) is 3.26. The van der Waals surface area contributed by atoms with E-state index in [0.29, 0.717) is 23.8 Å². The molecule has 0 atom stereocenters. The number of pyridine rings is 1. The second-order valence-corrected chi connectivity index (χ2v) is 6.39. The molecule has 2 heterocycles. The Hall–Kier alpha value is -3.87. The van der Waals surface area contributed by atoms with Crippen LogP contribution in [0.5, 0.6) is 11.5 Å². The number of methoxy groups -OCH3 is 2. The van der Waals surface area contributed by atoms with Crippen molar-refractivity contribution >= 4 is 0 Å². The van der Waals surface area contributed by atoms with Gasteiger partial charge in [0.1, 0.15) is 11.5 Å². The lowest BCUT2D eigenvalue weighted by Gasteiger charge is -2.08. The van der Waals surface area contributed by atoms with Crippen LogP contribution >= 0.6 is 0 Å². The van der Waals surface area contributed by atoms with Gasteiger partial charge >= 0.3 is 0 Å². The van der Waals surface area contributed by atoms with E-state index in [1.54, 1.807) is 31.0 Å². The molecule has 7 nitrogen and oxygen atoms in total. The first-order chi connectivity index (χ1) is 14.2. The Balaban J connectivity index is 1.61. The summed E-state index contributed by atoms with van der Waals surface area (Å²) < 4.78 is 17.4. The largest absolute Gasteiger partial charge is 0.497 e. The van der Waals surface area contributed by atoms with Gasteiger partial charge in [0.2, 0.25) is 5.82 Å². The van der Waals surface area contributed by atoms with Crippen molar-refractivity contribution in [1.82, 2.24) is 14.7 Å². The molecule has 4 rings (SSSR count). The predicted octanol–water partition coefficient (Wildman–Crippen LogP) is 3.63. The van der Waals surface area contributed by atoms with Gasteiger partial charge in [0, 0.05) is 17.8 Å². The minimum Gasteiger partial charge on any atom is -0.497 e. The van der Waals surface area contributed by atoms with Crippen LogP contribution in [0.2, 0.25) is 0 Å². The third-order valence-electron chi connectivity index (χ3n) is 4.49. The van der Waals surface area contributed by atoms with Crippen LogP contribution in [-0.4, -0.2) is 28.9 Å². The number of ether oxygens (including phenoxy) is 2. The maximum Gasteiger partial charge on any atom is 0.259 e. The molecule has 0 fully saturated rings. The Morgan fingerprint density at radius 2 is 1.69 bits per heavy atom. The monoisotopic (exact) mass is 389 g/mol. The minimum atomic E-state index is -0.119. The first kappa shape index (κ1) is 18.5. The molecule has 0 unspecified atom stereocenters. The van der Waals surface area contributed by atoms with Crippen molar-refractivity contribution in [3.63, 3.8) is 0 Å². The van der Waals surface area contributed by atoms with Crippen molar-refractivity contribution in [2.45, 2.75) is 6.54 Å². The minimum absolute atomic E-state index is 0.119. The smallest absolute Gasteiger partial charge is 0.259 e. The highest BCUT2D eigenvalue weighted by Crippen LogP contribution is 2.23. The number of aromatic nitrogens is 3. The molecule has 0 aliphatic heterocycles. The summed E-state index contributed by atoms with van der Waals surface area (Å²) >= 11 is 0. The van der Waals surface area contributed by atoms with Crippen molar-refractivity contribution in [2.24, 2.45) is 0 Å². The van der Waals surface area contributed by atoms with Gasteiger partial charge in [-0.25, -0.2) is 0 Å². The van der Waals surface area contributed by atoms with E-state index < -0.39 is 0 Å². The maximum atomic E-state index is 12.3. The van der Waals surface area contributed by atoms with Gasteiger partial charge in [-0.1, -0.05) is 17.3 Å². The Kier molecular flexibility index (Phi) is 5.11. The van der Waals surface area contributed by atoms with Gasteiger partial charge in [0.15, 0.2) is 0 Å². The molecule has 2 aromatic carbocycles. The fourth-order valence-corrected chi connectivity index (χ4v) is 2.95. The van der Waals surface area contributed by atoms with Crippen LogP contribution in [0.4, 0.5) is 0 Å². The van der Waals surface area contributed by atoms with Crippen molar-refractivity contribution in [3.8, 4) is 34.3 Å². The van der Waals surface area contributed by atoms with Gasteiger partial charge in [-0.3, -0.25) is 4.79 Å². The lowest BCUT2D eigenvalue weighted by atomic mass is 10.2. The molecule has 0 N–H and O–H groups in total. The quantitative estimate of drug-likeness (QED) is 0.501. The number of hydrogen-bond donors (Lipinski definition) is 0. The number of rotatable bonds is 6. The van der Waals surface area contributed by atoms with Crippen molar-refractivity contribution in [1.29, 1.82) is 0 Å². The molecule has 0 bridgehead atoms. The van der Waals surface area contributed by atoms with E-state index in [0.717, 1.165) is 22.6 Å². The highest BCUT2D eigenvalue weighted by Gasteiger charge is 2.12. The van der Waals surface area contributed by atoms with E-state index in [4.69, 9.17) is 14.0 Å². The average molecular weight is 389 g/mol. The molecule has 0 aliphatic carbocycles. The van der Waals surface area contributed by atoms with Gasteiger partial charge in [-0.15, -0.1) is 0 Å². The first-order valence-corrected chi connectivity index (χ1v) is 8.98. The zero-order valence-corrected chi connectivity index (χ0v) is 16.0. The van der Waals surface area contributed by atoms with Crippen molar-refractivity contribution in [3.05, 3.63) is 82.8 Å². The zero-order chi connectivity index (χ0) is 20.2. The number of hydrogen-bond acceptors (Lipinski definition) is 6. The molecule has 29 heavy (non-hydrogen) atoms.